The van der Waals surface area contributed by atoms with Gasteiger partial charge in [0.2, 0.25) is 0 Å². The molecule has 0 aliphatic heterocycles. The van der Waals surface area contributed by atoms with Crippen molar-refractivity contribution in [3.8, 4) is 0 Å². The Kier molecular flexibility index (Phi) is 4.13. The van der Waals surface area contributed by atoms with Gasteiger partial charge in [-0.05, 0) is 25.3 Å². The number of nitrogens with zero attached hydrogens (tertiary/aromatic N) is 4. The first kappa shape index (κ1) is 15.1. The van der Waals surface area contributed by atoms with Gasteiger partial charge in [0.25, 0.3) is 0 Å². The van der Waals surface area contributed by atoms with Gasteiger partial charge in [-0.25, -0.2) is 9.97 Å². The standard InChI is InChI=1S/C18H21N5O/c24-15-8-14(9-15)16-10-18(21-12-20-16)19-6-3-7-23-17-5-2-1-4-13(17)11-22-23/h1-2,4-5,10-12,14-15,24H,3,6-9H2,(H,19,20,21). The molecule has 1 aliphatic carbocycles. The molecule has 3 aromatic rings. The summed E-state index contributed by atoms with van der Waals surface area (Å²) in [5.74, 6) is 1.23. The molecular weight excluding hydrogens is 302 g/mol. The molecule has 1 fully saturated rings. The first-order valence-corrected chi connectivity index (χ1v) is 8.44. The lowest BCUT2D eigenvalue weighted by Gasteiger charge is -2.30. The number of hydrogen-bond acceptors (Lipinski definition) is 5. The van der Waals surface area contributed by atoms with E-state index in [4.69, 9.17) is 0 Å². The van der Waals surface area contributed by atoms with Gasteiger partial charge in [-0.15, -0.1) is 0 Å². The Balaban J connectivity index is 1.30. The van der Waals surface area contributed by atoms with Crippen LogP contribution in [0.3, 0.4) is 0 Å². The molecule has 0 bridgehead atoms. The Morgan fingerprint density at radius 3 is 2.96 bits per heavy atom. The molecule has 124 valence electrons. The minimum Gasteiger partial charge on any atom is -0.393 e. The van der Waals surface area contributed by atoms with Crippen LogP contribution in [0.25, 0.3) is 10.9 Å². The Morgan fingerprint density at radius 2 is 2.08 bits per heavy atom. The van der Waals surface area contributed by atoms with Crippen LogP contribution in [0.4, 0.5) is 5.82 Å². The number of anilines is 1. The molecule has 2 N–H and O–H groups in total. The van der Waals surface area contributed by atoms with Crippen molar-refractivity contribution in [3.63, 3.8) is 0 Å². The highest BCUT2D eigenvalue weighted by Crippen LogP contribution is 2.35. The van der Waals surface area contributed by atoms with Crippen molar-refractivity contribution in [2.75, 3.05) is 11.9 Å². The molecule has 0 amide bonds. The molecule has 1 aromatic carbocycles. The van der Waals surface area contributed by atoms with E-state index in [1.165, 1.54) is 10.9 Å². The van der Waals surface area contributed by atoms with Gasteiger partial charge in [-0.3, -0.25) is 4.68 Å². The van der Waals surface area contributed by atoms with E-state index in [2.05, 4.69) is 32.5 Å². The van der Waals surface area contributed by atoms with Gasteiger partial charge >= 0.3 is 0 Å². The fraction of sp³-hybridized carbons (Fsp3) is 0.389. The van der Waals surface area contributed by atoms with Crippen molar-refractivity contribution >= 4 is 16.7 Å². The number of hydrogen-bond donors (Lipinski definition) is 2. The third-order valence-corrected chi connectivity index (χ3v) is 4.62. The lowest BCUT2D eigenvalue weighted by atomic mass is 9.80. The van der Waals surface area contributed by atoms with Crippen molar-refractivity contribution in [3.05, 3.63) is 48.5 Å². The molecule has 0 unspecified atom stereocenters. The van der Waals surface area contributed by atoms with E-state index in [1.54, 1.807) is 6.33 Å². The average Bonchev–Trinajstić information content (AvgIpc) is 2.99. The highest BCUT2D eigenvalue weighted by Gasteiger charge is 2.29. The van der Waals surface area contributed by atoms with Crippen LogP contribution in [0, 0.1) is 0 Å². The van der Waals surface area contributed by atoms with Crippen LogP contribution in [0.5, 0.6) is 0 Å². The molecule has 4 rings (SSSR count). The molecule has 2 heterocycles. The third kappa shape index (κ3) is 3.10. The van der Waals surface area contributed by atoms with Crippen molar-refractivity contribution in [2.45, 2.75) is 37.8 Å². The molecule has 0 spiro atoms. The number of aryl methyl sites for hydroxylation is 1. The summed E-state index contributed by atoms with van der Waals surface area (Å²) in [5, 5.41) is 18.4. The SMILES string of the molecule is OC1CC(c2cc(NCCCn3ncc4ccccc43)ncn2)C1. The number of para-hydroxylation sites is 1. The van der Waals surface area contributed by atoms with Crippen LogP contribution in [-0.2, 0) is 6.54 Å². The maximum Gasteiger partial charge on any atom is 0.129 e. The van der Waals surface area contributed by atoms with Crippen LogP contribution in [-0.4, -0.2) is 37.5 Å². The highest BCUT2D eigenvalue weighted by molar-refractivity contribution is 5.78. The zero-order valence-electron chi connectivity index (χ0n) is 13.5. The van der Waals surface area contributed by atoms with E-state index in [1.807, 2.05) is 29.1 Å². The first-order valence-electron chi connectivity index (χ1n) is 8.44. The topological polar surface area (TPSA) is 75.9 Å². The van der Waals surface area contributed by atoms with Crippen LogP contribution in [0.2, 0.25) is 0 Å². The van der Waals surface area contributed by atoms with Crippen molar-refractivity contribution in [2.24, 2.45) is 0 Å². The van der Waals surface area contributed by atoms with E-state index >= 15 is 0 Å². The number of nitrogens with one attached hydrogen (secondary N) is 1. The second kappa shape index (κ2) is 6.57. The molecule has 1 saturated carbocycles. The van der Waals surface area contributed by atoms with Crippen LogP contribution >= 0.6 is 0 Å². The van der Waals surface area contributed by atoms with E-state index in [9.17, 15) is 5.11 Å². The molecule has 24 heavy (non-hydrogen) atoms. The fourth-order valence-electron chi connectivity index (χ4n) is 3.17. The summed E-state index contributed by atoms with van der Waals surface area (Å²) in [4.78, 5) is 8.60. The Hall–Kier alpha value is -2.47. The average molecular weight is 323 g/mol. The van der Waals surface area contributed by atoms with Crippen molar-refractivity contribution in [1.82, 2.24) is 19.7 Å². The maximum atomic E-state index is 9.42. The zero-order valence-corrected chi connectivity index (χ0v) is 13.5. The Bertz CT molecular complexity index is 825. The zero-order chi connectivity index (χ0) is 16.4. The number of aliphatic hydroxyl groups excluding tert-OH is 1. The summed E-state index contributed by atoms with van der Waals surface area (Å²) in [6, 6.07) is 10.2. The minimum atomic E-state index is -0.162. The Labute approximate surface area is 140 Å². The van der Waals surface area contributed by atoms with Gasteiger partial charge in [-0.1, -0.05) is 18.2 Å². The fourth-order valence-corrected chi connectivity index (χ4v) is 3.17. The van der Waals surface area contributed by atoms with Gasteiger partial charge in [0.05, 0.1) is 17.8 Å². The summed E-state index contributed by atoms with van der Waals surface area (Å²) in [7, 11) is 0. The van der Waals surface area contributed by atoms with Crippen LogP contribution in [0.1, 0.15) is 30.9 Å². The van der Waals surface area contributed by atoms with E-state index in [0.29, 0.717) is 5.92 Å². The van der Waals surface area contributed by atoms with Gasteiger partial charge in [0.15, 0.2) is 0 Å². The molecule has 0 radical (unpaired) electrons. The van der Waals surface area contributed by atoms with Crippen molar-refractivity contribution in [1.29, 1.82) is 0 Å². The lowest BCUT2D eigenvalue weighted by molar-refractivity contribution is 0.0732. The smallest absolute Gasteiger partial charge is 0.129 e. The molecule has 6 heteroatoms. The number of benzene rings is 1. The molecule has 1 aliphatic rings. The van der Waals surface area contributed by atoms with Gasteiger partial charge < -0.3 is 10.4 Å². The second-order valence-electron chi connectivity index (χ2n) is 6.36. The minimum absolute atomic E-state index is 0.162. The lowest BCUT2D eigenvalue weighted by Crippen LogP contribution is -2.27. The molecule has 0 saturated heterocycles. The molecular formula is C18H21N5O. The first-order chi connectivity index (χ1) is 11.8. The summed E-state index contributed by atoms with van der Waals surface area (Å²) in [5.41, 5.74) is 2.20. The largest absolute Gasteiger partial charge is 0.393 e. The Morgan fingerprint density at radius 1 is 1.21 bits per heavy atom. The highest BCUT2D eigenvalue weighted by atomic mass is 16.3. The number of fused-ring (bicyclic) bond motifs is 1. The molecule has 0 atom stereocenters. The number of aromatic nitrogens is 4. The van der Waals surface area contributed by atoms with Gasteiger partial charge in [0, 0.05) is 36.2 Å². The maximum absolute atomic E-state index is 9.42. The number of rotatable bonds is 6. The van der Waals surface area contributed by atoms with E-state index in [0.717, 1.165) is 43.9 Å². The van der Waals surface area contributed by atoms with E-state index in [-0.39, 0.29) is 6.10 Å². The predicted molar refractivity (Wildman–Crippen MR) is 92.9 cm³/mol. The summed E-state index contributed by atoms with van der Waals surface area (Å²) >= 11 is 0. The summed E-state index contributed by atoms with van der Waals surface area (Å²) in [6.07, 6.45) is 5.93. The monoisotopic (exact) mass is 323 g/mol. The summed E-state index contributed by atoms with van der Waals surface area (Å²) < 4.78 is 2.04. The van der Waals surface area contributed by atoms with Crippen LogP contribution < -0.4 is 5.32 Å². The van der Waals surface area contributed by atoms with E-state index < -0.39 is 0 Å². The molecule has 2 aromatic heterocycles. The number of aliphatic hydroxyl groups is 1. The normalized spacial score (nSPS) is 20.0. The quantitative estimate of drug-likeness (QED) is 0.682. The van der Waals surface area contributed by atoms with Crippen LogP contribution in [0.15, 0.2) is 42.9 Å². The van der Waals surface area contributed by atoms with Crippen molar-refractivity contribution < 1.29 is 5.11 Å². The van der Waals surface area contributed by atoms with Gasteiger partial charge in [0.1, 0.15) is 12.1 Å². The third-order valence-electron chi connectivity index (χ3n) is 4.62. The predicted octanol–water partition coefficient (Wildman–Crippen LogP) is 2.57. The molecule has 6 nitrogen and oxygen atoms in total. The summed E-state index contributed by atoms with van der Waals surface area (Å²) in [6.45, 7) is 1.70. The van der Waals surface area contributed by atoms with Gasteiger partial charge in [-0.2, -0.15) is 5.10 Å². The second-order valence-corrected chi connectivity index (χ2v) is 6.36.